The molecule has 2 fully saturated rings. The van der Waals surface area contributed by atoms with Crippen LogP contribution in [0.5, 0.6) is 0 Å². The molecule has 0 aliphatic heterocycles. The maximum atomic E-state index is 11.5. The fourth-order valence-electron chi connectivity index (χ4n) is 2.88. The van der Waals surface area contributed by atoms with E-state index in [1.807, 2.05) is 6.92 Å². The van der Waals surface area contributed by atoms with E-state index in [1.54, 1.807) is 6.92 Å². The number of hydrogen-bond acceptors (Lipinski definition) is 2. The SMILES string of the molecule is C=C(C)C(=O)OC1C(=CC)C2CCC1C2. The van der Waals surface area contributed by atoms with Crippen molar-refractivity contribution >= 4 is 5.97 Å². The summed E-state index contributed by atoms with van der Waals surface area (Å²) in [5.41, 5.74) is 1.83. The van der Waals surface area contributed by atoms with Crippen molar-refractivity contribution in [3.63, 3.8) is 0 Å². The van der Waals surface area contributed by atoms with Gasteiger partial charge >= 0.3 is 5.97 Å². The van der Waals surface area contributed by atoms with Crippen LogP contribution in [0.25, 0.3) is 0 Å². The minimum Gasteiger partial charge on any atom is -0.454 e. The first-order valence-electron chi connectivity index (χ1n) is 5.66. The molecule has 0 saturated heterocycles. The highest BCUT2D eigenvalue weighted by atomic mass is 16.5. The lowest BCUT2D eigenvalue weighted by Gasteiger charge is -2.24. The minimum absolute atomic E-state index is 0.0398. The molecule has 15 heavy (non-hydrogen) atoms. The number of rotatable bonds is 2. The summed E-state index contributed by atoms with van der Waals surface area (Å²) >= 11 is 0. The molecule has 2 aliphatic rings. The molecule has 2 bridgehead atoms. The molecule has 0 heterocycles. The number of carbonyl (C=O) groups excluding carboxylic acids is 1. The van der Waals surface area contributed by atoms with Crippen LogP contribution in [-0.2, 0) is 9.53 Å². The van der Waals surface area contributed by atoms with Crippen LogP contribution in [-0.4, -0.2) is 12.1 Å². The topological polar surface area (TPSA) is 26.3 Å². The van der Waals surface area contributed by atoms with Gasteiger partial charge in [-0.2, -0.15) is 0 Å². The third kappa shape index (κ3) is 1.73. The van der Waals surface area contributed by atoms with Gasteiger partial charge in [-0.3, -0.25) is 0 Å². The average Bonchev–Trinajstić information content (AvgIpc) is 2.77. The smallest absolute Gasteiger partial charge is 0.333 e. The molecule has 3 unspecified atom stereocenters. The highest BCUT2D eigenvalue weighted by Gasteiger charge is 2.45. The van der Waals surface area contributed by atoms with E-state index in [1.165, 1.54) is 24.8 Å². The van der Waals surface area contributed by atoms with Crippen LogP contribution in [0.4, 0.5) is 0 Å². The van der Waals surface area contributed by atoms with Crippen molar-refractivity contribution in [2.75, 3.05) is 0 Å². The quantitative estimate of drug-likeness (QED) is 0.394. The van der Waals surface area contributed by atoms with Gasteiger partial charge in [0.2, 0.25) is 0 Å². The van der Waals surface area contributed by atoms with Gasteiger partial charge in [0.15, 0.2) is 0 Å². The third-order valence-corrected chi connectivity index (χ3v) is 3.62. The van der Waals surface area contributed by atoms with E-state index in [4.69, 9.17) is 4.74 Å². The zero-order chi connectivity index (χ0) is 11.0. The van der Waals surface area contributed by atoms with E-state index in [-0.39, 0.29) is 12.1 Å². The van der Waals surface area contributed by atoms with Crippen molar-refractivity contribution in [2.45, 2.75) is 39.2 Å². The summed E-state index contributed by atoms with van der Waals surface area (Å²) in [6.45, 7) is 7.35. The summed E-state index contributed by atoms with van der Waals surface area (Å²) in [6, 6.07) is 0. The number of fused-ring (bicyclic) bond motifs is 2. The van der Waals surface area contributed by atoms with Gasteiger partial charge in [-0.15, -0.1) is 0 Å². The lowest BCUT2D eigenvalue weighted by atomic mass is 9.92. The molecule has 0 aromatic rings. The third-order valence-electron chi connectivity index (χ3n) is 3.62. The van der Waals surface area contributed by atoms with Crippen LogP contribution in [0, 0.1) is 11.8 Å². The van der Waals surface area contributed by atoms with Gasteiger partial charge in [-0.25, -0.2) is 4.79 Å². The van der Waals surface area contributed by atoms with Crippen molar-refractivity contribution in [1.29, 1.82) is 0 Å². The molecule has 2 rings (SSSR count). The molecule has 2 saturated carbocycles. The number of esters is 1. The molecule has 0 amide bonds. The van der Waals surface area contributed by atoms with Crippen molar-refractivity contribution in [1.82, 2.24) is 0 Å². The van der Waals surface area contributed by atoms with Crippen LogP contribution >= 0.6 is 0 Å². The molecular weight excluding hydrogens is 188 g/mol. The summed E-state index contributed by atoms with van der Waals surface area (Å²) in [4.78, 5) is 11.5. The second-order valence-electron chi connectivity index (χ2n) is 4.66. The van der Waals surface area contributed by atoms with Crippen molar-refractivity contribution in [3.8, 4) is 0 Å². The fraction of sp³-hybridized carbons (Fsp3) is 0.615. The second-order valence-corrected chi connectivity index (χ2v) is 4.66. The van der Waals surface area contributed by atoms with Gasteiger partial charge < -0.3 is 4.74 Å². The monoisotopic (exact) mass is 206 g/mol. The molecule has 3 atom stereocenters. The molecule has 0 aromatic heterocycles. The summed E-state index contributed by atoms with van der Waals surface area (Å²) in [6.07, 6.45) is 5.84. The average molecular weight is 206 g/mol. The maximum Gasteiger partial charge on any atom is 0.333 e. The lowest BCUT2D eigenvalue weighted by molar-refractivity contribution is -0.144. The van der Waals surface area contributed by atoms with Crippen molar-refractivity contribution in [3.05, 3.63) is 23.8 Å². The fourth-order valence-corrected chi connectivity index (χ4v) is 2.88. The number of hydrogen-bond donors (Lipinski definition) is 0. The number of ether oxygens (including phenoxy) is 1. The Hall–Kier alpha value is -1.05. The first kappa shape index (κ1) is 10.5. The van der Waals surface area contributed by atoms with Crippen LogP contribution in [0.3, 0.4) is 0 Å². The zero-order valence-corrected chi connectivity index (χ0v) is 9.45. The molecule has 82 valence electrons. The van der Waals surface area contributed by atoms with E-state index in [0.717, 1.165) is 0 Å². The molecule has 0 N–H and O–H groups in total. The highest BCUT2D eigenvalue weighted by Crippen LogP contribution is 2.49. The standard InChI is InChI=1S/C13H18O2/c1-4-11-9-5-6-10(7-9)12(11)15-13(14)8(2)3/h4,9-10,12H,2,5-7H2,1,3H3. The van der Waals surface area contributed by atoms with Gasteiger partial charge in [0.1, 0.15) is 6.10 Å². The Morgan fingerprint density at radius 2 is 2.27 bits per heavy atom. The summed E-state index contributed by atoms with van der Waals surface area (Å²) in [5.74, 6) is 0.985. The first-order chi connectivity index (χ1) is 7.13. The van der Waals surface area contributed by atoms with Crippen LogP contribution in [0.2, 0.25) is 0 Å². The molecule has 2 aliphatic carbocycles. The van der Waals surface area contributed by atoms with Gasteiger partial charge in [0.25, 0.3) is 0 Å². The van der Waals surface area contributed by atoms with Gasteiger partial charge in [0.05, 0.1) is 0 Å². The molecule has 2 nitrogen and oxygen atoms in total. The Morgan fingerprint density at radius 1 is 1.53 bits per heavy atom. The highest BCUT2D eigenvalue weighted by molar-refractivity contribution is 5.87. The molecule has 0 radical (unpaired) electrons. The Kier molecular flexibility index (Phi) is 2.68. The van der Waals surface area contributed by atoms with E-state index in [0.29, 0.717) is 17.4 Å². The lowest BCUT2D eigenvalue weighted by Crippen LogP contribution is -2.26. The van der Waals surface area contributed by atoms with E-state index in [2.05, 4.69) is 12.7 Å². The second kappa shape index (κ2) is 3.84. The summed E-state index contributed by atoms with van der Waals surface area (Å²) < 4.78 is 5.50. The molecular formula is C13H18O2. The Morgan fingerprint density at radius 3 is 2.87 bits per heavy atom. The predicted octanol–water partition coefficient (Wildman–Crippen LogP) is 2.85. The Bertz CT molecular complexity index is 327. The number of allylic oxidation sites excluding steroid dienone is 1. The van der Waals surface area contributed by atoms with Gasteiger partial charge in [-0.1, -0.05) is 12.7 Å². The predicted molar refractivity (Wildman–Crippen MR) is 59.3 cm³/mol. The van der Waals surface area contributed by atoms with E-state index in [9.17, 15) is 4.79 Å². The summed E-state index contributed by atoms with van der Waals surface area (Å²) in [7, 11) is 0. The zero-order valence-electron chi connectivity index (χ0n) is 9.45. The van der Waals surface area contributed by atoms with Gasteiger partial charge in [-0.05, 0) is 44.6 Å². The van der Waals surface area contributed by atoms with E-state index < -0.39 is 0 Å². The van der Waals surface area contributed by atoms with Crippen LogP contribution in [0.1, 0.15) is 33.1 Å². The Balaban J connectivity index is 2.09. The van der Waals surface area contributed by atoms with Crippen molar-refractivity contribution < 1.29 is 9.53 Å². The summed E-state index contributed by atoms with van der Waals surface area (Å²) in [5, 5.41) is 0. The minimum atomic E-state index is -0.244. The molecule has 0 spiro atoms. The first-order valence-corrected chi connectivity index (χ1v) is 5.66. The maximum absolute atomic E-state index is 11.5. The van der Waals surface area contributed by atoms with E-state index >= 15 is 0 Å². The Labute approximate surface area is 91.0 Å². The van der Waals surface area contributed by atoms with Crippen LogP contribution < -0.4 is 0 Å². The van der Waals surface area contributed by atoms with Crippen molar-refractivity contribution in [2.24, 2.45) is 11.8 Å². The largest absolute Gasteiger partial charge is 0.454 e. The molecule has 0 aromatic carbocycles. The number of carbonyl (C=O) groups is 1. The molecule has 2 heteroatoms. The normalized spacial score (nSPS) is 35.9. The van der Waals surface area contributed by atoms with Crippen LogP contribution in [0.15, 0.2) is 23.8 Å². The van der Waals surface area contributed by atoms with Gasteiger partial charge in [0, 0.05) is 11.5 Å².